The molecule has 0 heterocycles. The van der Waals surface area contributed by atoms with Crippen LogP contribution in [0.5, 0.6) is 5.75 Å². The lowest BCUT2D eigenvalue weighted by Gasteiger charge is -2.17. The zero-order valence-corrected chi connectivity index (χ0v) is 14.5. The van der Waals surface area contributed by atoms with Crippen LogP contribution in [0.3, 0.4) is 0 Å². The quantitative estimate of drug-likeness (QED) is 0.567. The maximum absolute atomic E-state index is 12.1. The average molecular weight is 350 g/mol. The zero-order chi connectivity index (χ0) is 18.5. The highest BCUT2D eigenvalue weighted by atomic mass is 16.3. The van der Waals surface area contributed by atoms with Crippen LogP contribution in [0.2, 0.25) is 0 Å². The van der Waals surface area contributed by atoms with Crippen LogP contribution in [0.15, 0.2) is 66.7 Å². The number of fused-ring (bicyclic) bond motifs is 1. The van der Waals surface area contributed by atoms with Crippen LogP contribution < -0.4 is 10.6 Å². The molecule has 5 nitrogen and oxygen atoms in total. The van der Waals surface area contributed by atoms with E-state index in [-0.39, 0.29) is 24.4 Å². The van der Waals surface area contributed by atoms with Gasteiger partial charge in [-0.1, -0.05) is 48.5 Å². The van der Waals surface area contributed by atoms with Crippen molar-refractivity contribution in [3.05, 3.63) is 77.9 Å². The minimum atomic E-state index is -0.790. The van der Waals surface area contributed by atoms with Crippen molar-refractivity contribution in [2.24, 2.45) is 0 Å². The Balaban J connectivity index is 1.56. The van der Waals surface area contributed by atoms with Crippen LogP contribution in [-0.4, -0.2) is 22.8 Å². The van der Waals surface area contributed by atoms with Crippen molar-refractivity contribution < 1.29 is 15.0 Å². The standard InChI is InChI=1S/C21H22N2O3/c1-14(16-7-4-8-19(24)12-16)23-21(26)22-13-20(25)18-10-9-15-5-2-3-6-17(15)11-18/h2-12,14,20,24-25H,13H2,1H3,(H2,22,23,26)/t14-,20?/m0/s1. The SMILES string of the molecule is C[C@H](NC(=O)NCC(O)c1ccc2ccccc2c1)c1cccc(O)c1. The van der Waals surface area contributed by atoms with Gasteiger partial charge < -0.3 is 20.8 Å². The summed E-state index contributed by atoms with van der Waals surface area (Å²) >= 11 is 0. The Morgan fingerprint density at radius 2 is 1.73 bits per heavy atom. The number of nitrogens with one attached hydrogen (secondary N) is 2. The fourth-order valence-electron chi connectivity index (χ4n) is 2.85. The molecule has 0 fully saturated rings. The molecule has 1 unspecified atom stereocenters. The van der Waals surface area contributed by atoms with Gasteiger partial charge in [0, 0.05) is 6.54 Å². The summed E-state index contributed by atoms with van der Waals surface area (Å²) < 4.78 is 0. The van der Waals surface area contributed by atoms with E-state index in [4.69, 9.17) is 0 Å². The molecule has 3 aromatic rings. The number of hydrogen-bond donors (Lipinski definition) is 4. The Morgan fingerprint density at radius 1 is 0.962 bits per heavy atom. The molecule has 4 N–H and O–H groups in total. The minimum absolute atomic E-state index is 0.108. The summed E-state index contributed by atoms with van der Waals surface area (Å²) in [6.07, 6.45) is -0.790. The van der Waals surface area contributed by atoms with Crippen LogP contribution in [0.25, 0.3) is 10.8 Å². The molecule has 3 aromatic carbocycles. The normalized spacial score (nSPS) is 13.2. The zero-order valence-electron chi connectivity index (χ0n) is 14.5. The lowest BCUT2D eigenvalue weighted by molar-refractivity contribution is 0.172. The highest BCUT2D eigenvalue weighted by Gasteiger charge is 2.13. The van der Waals surface area contributed by atoms with Crippen molar-refractivity contribution in [2.75, 3.05) is 6.54 Å². The van der Waals surface area contributed by atoms with Gasteiger partial charge in [0.15, 0.2) is 0 Å². The Morgan fingerprint density at radius 3 is 2.50 bits per heavy atom. The van der Waals surface area contributed by atoms with Gasteiger partial charge in [0.1, 0.15) is 5.75 Å². The second-order valence-electron chi connectivity index (χ2n) is 6.29. The number of benzene rings is 3. The summed E-state index contributed by atoms with van der Waals surface area (Å²) in [7, 11) is 0. The number of rotatable bonds is 5. The molecule has 2 atom stereocenters. The summed E-state index contributed by atoms with van der Waals surface area (Å²) in [6.45, 7) is 1.94. The molecular weight excluding hydrogens is 328 g/mol. The molecule has 2 amide bonds. The van der Waals surface area contributed by atoms with Crippen molar-refractivity contribution in [1.82, 2.24) is 10.6 Å². The minimum Gasteiger partial charge on any atom is -0.508 e. The van der Waals surface area contributed by atoms with Crippen LogP contribution in [-0.2, 0) is 0 Å². The molecule has 0 bridgehead atoms. The third-order valence-electron chi connectivity index (χ3n) is 4.33. The van der Waals surface area contributed by atoms with E-state index in [9.17, 15) is 15.0 Å². The predicted molar refractivity (Wildman–Crippen MR) is 102 cm³/mol. The van der Waals surface area contributed by atoms with Crippen molar-refractivity contribution in [3.8, 4) is 5.75 Å². The highest BCUT2D eigenvalue weighted by Crippen LogP contribution is 2.20. The first kappa shape index (κ1) is 17.8. The molecule has 3 rings (SSSR count). The second kappa shape index (κ2) is 7.89. The van der Waals surface area contributed by atoms with Gasteiger partial charge in [0.05, 0.1) is 12.1 Å². The summed E-state index contributed by atoms with van der Waals surface area (Å²) in [5.74, 6) is 0.156. The highest BCUT2D eigenvalue weighted by molar-refractivity contribution is 5.83. The van der Waals surface area contributed by atoms with Crippen molar-refractivity contribution in [3.63, 3.8) is 0 Å². The number of urea groups is 1. The maximum Gasteiger partial charge on any atom is 0.315 e. The number of aliphatic hydroxyl groups excluding tert-OH is 1. The first-order valence-corrected chi connectivity index (χ1v) is 8.53. The van der Waals surface area contributed by atoms with Gasteiger partial charge in [0.2, 0.25) is 0 Å². The van der Waals surface area contributed by atoms with Crippen LogP contribution in [0.4, 0.5) is 4.79 Å². The number of carbonyl (C=O) groups excluding carboxylic acids is 1. The monoisotopic (exact) mass is 350 g/mol. The van der Waals surface area contributed by atoms with Crippen molar-refractivity contribution >= 4 is 16.8 Å². The summed E-state index contributed by atoms with van der Waals surface area (Å²) in [5, 5.41) is 27.5. The predicted octanol–water partition coefficient (Wildman–Crippen LogP) is 3.64. The van der Waals surface area contributed by atoms with Crippen molar-refractivity contribution in [1.29, 1.82) is 0 Å². The van der Waals surface area contributed by atoms with E-state index in [1.165, 1.54) is 0 Å². The van der Waals surface area contributed by atoms with Gasteiger partial charge in [0.25, 0.3) is 0 Å². The molecule has 0 aliphatic heterocycles. The van der Waals surface area contributed by atoms with E-state index in [0.29, 0.717) is 0 Å². The van der Waals surface area contributed by atoms with Gasteiger partial charge in [-0.3, -0.25) is 0 Å². The maximum atomic E-state index is 12.1. The lowest BCUT2D eigenvalue weighted by Crippen LogP contribution is -2.39. The number of phenols is 1. The number of aliphatic hydroxyl groups is 1. The second-order valence-corrected chi connectivity index (χ2v) is 6.29. The van der Waals surface area contributed by atoms with E-state index < -0.39 is 6.10 Å². The summed E-state index contributed by atoms with van der Waals surface area (Å²) in [5.41, 5.74) is 1.56. The molecule has 5 heteroatoms. The summed E-state index contributed by atoms with van der Waals surface area (Å²) in [4.78, 5) is 12.1. The fourth-order valence-corrected chi connectivity index (χ4v) is 2.85. The van der Waals surface area contributed by atoms with E-state index >= 15 is 0 Å². The molecule has 0 saturated heterocycles. The Labute approximate surface area is 152 Å². The van der Waals surface area contributed by atoms with Crippen LogP contribution >= 0.6 is 0 Å². The van der Waals surface area contributed by atoms with Crippen LogP contribution in [0.1, 0.15) is 30.2 Å². The molecule has 0 aromatic heterocycles. The Bertz CT molecular complexity index is 910. The lowest BCUT2D eigenvalue weighted by atomic mass is 10.0. The molecule has 0 aliphatic carbocycles. The first-order chi connectivity index (χ1) is 12.5. The summed E-state index contributed by atoms with van der Waals surface area (Å²) in [6, 6.07) is 19.8. The van der Waals surface area contributed by atoms with Gasteiger partial charge in [-0.25, -0.2) is 4.79 Å². The molecule has 0 aliphatic rings. The van der Waals surface area contributed by atoms with E-state index in [0.717, 1.165) is 21.9 Å². The average Bonchev–Trinajstić information content (AvgIpc) is 2.65. The molecule has 0 radical (unpaired) electrons. The van der Waals surface area contributed by atoms with Crippen molar-refractivity contribution in [2.45, 2.75) is 19.1 Å². The fraction of sp³-hybridized carbons (Fsp3) is 0.190. The number of aromatic hydroxyl groups is 1. The number of carbonyl (C=O) groups is 1. The number of amides is 2. The van der Waals surface area contributed by atoms with E-state index in [1.54, 1.807) is 18.2 Å². The largest absolute Gasteiger partial charge is 0.508 e. The Hall–Kier alpha value is -3.05. The third-order valence-corrected chi connectivity index (χ3v) is 4.33. The van der Waals surface area contributed by atoms with Crippen LogP contribution in [0, 0.1) is 0 Å². The molecule has 0 spiro atoms. The van der Waals surface area contributed by atoms with E-state index in [2.05, 4.69) is 10.6 Å². The molecule has 134 valence electrons. The third kappa shape index (κ3) is 4.32. The smallest absolute Gasteiger partial charge is 0.315 e. The van der Waals surface area contributed by atoms with Gasteiger partial charge in [-0.15, -0.1) is 0 Å². The molecule has 26 heavy (non-hydrogen) atoms. The van der Waals surface area contributed by atoms with Gasteiger partial charge >= 0.3 is 6.03 Å². The molecule has 0 saturated carbocycles. The Kier molecular flexibility index (Phi) is 5.39. The van der Waals surface area contributed by atoms with E-state index in [1.807, 2.05) is 55.5 Å². The number of hydrogen-bond acceptors (Lipinski definition) is 3. The van der Waals surface area contributed by atoms with Gasteiger partial charge in [-0.05, 0) is 47.0 Å². The molecular formula is C21H22N2O3. The topological polar surface area (TPSA) is 81.6 Å². The first-order valence-electron chi connectivity index (χ1n) is 8.53. The number of phenolic OH excluding ortho intramolecular Hbond substituents is 1. The van der Waals surface area contributed by atoms with Gasteiger partial charge in [-0.2, -0.15) is 0 Å².